The van der Waals surface area contributed by atoms with Crippen LogP contribution >= 0.6 is 15.9 Å². The van der Waals surface area contributed by atoms with Crippen molar-refractivity contribution in [2.75, 3.05) is 20.2 Å². The Hall–Kier alpha value is -0.680. The summed E-state index contributed by atoms with van der Waals surface area (Å²) in [7, 11) is 2.10. The van der Waals surface area contributed by atoms with E-state index in [0.29, 0.717) is 22.9 Å². The molecule has 1 aromatic heterocycles. The van der Waals surface area contributed by atoms with Gasteiger partial charge in [-0.3, -0.25) is 0 Å². The molecular formula is C11H14BrFN2O. The molecule has 16 heavy (non-hydrogen) atoms. The first kappa shape index (κ1) is 11.8. The van der Waals surface area contributed by atoms with Crippen LogP contribution in [0.1, 0.15) is 12.8 Å². The average molecular weight is 289 g/mol. The highest BCUT2D eigenvalue weighted by Gasteiger charge is 2.21. The van der Waals surface area contributed by atoms with Crippen LogP contribution in [0.25, 0.3) is 0 Å². The number of aromatic nitrogens is 1. The highest BCUT2D eigenvalue weighted by Crippen LogP contribution is 2.21. The fraction of sp³-hybridized carbons (Fsp3) is 0.545. The predicted molar refractivity (Wildman–Crippen MR) is 63.0 cm³/mol. The zero-order valence-corrected chi connectivity index (χ0v) is 10.7. The molecule has 2 rings (SSSR count). The lowest BCUT2D eigenvalue weighted by Gasteiger charge is -2.19. The zero-order valence-electron chi connectivity index (χ0n) is 9.12. The van der Waals surface area contributed by atoms with Crippen molar-refractivity contribution >= 4 is 15.9 Å². The fourth-order valence-electron chi connectivity index (χ4n) is 1.86. The number of likely N-dealkylation sites (tertiary alicyclic amines) is 1. The molecule has 1 aromatic rings. The summed E-state index contributed by atoms with van der Waals surface area (Å²) >= 11 is 3.08. The van der Waals surface area contributed by atoms with Gasteiger partial charge in [-0.1, -0.05) is 0 Å². The summed E-state index contributed by atoms with van der Waals surface area (Å²) in [5.74, 6) is 0.0962. The van der Waals surface area contributed by atoms with Gasteiger partial charge in [0.15, 0.2) is 0 Å². The maximum absolute atomic E-state index is 12.9. The quantitative estimate of drug-likeness (QED) is 0.799. The number of nitrogens with zero attached hydrogens (tertiary/aromatic N) is 2. The van der Waals surface area contributed by atoms with Crippen LogP contribution in [0, 0.1) is 5.95 Å². The summed E-state index contributed by atoms with van der Waals surface area (Å²) < 4.78 is 18.8. The van der Waals surface area contributed by atoms with E-state index in [1.165, 1.54) is 12.6 Å². The molecule has 0 N–H and O–H groups in total. The van der Waals surface area contributed by atoms with Crippen molar-refractivity contribution in [3.63, 3.8) is 0 Å². The van der Waals surface area contributed by atoms with E-state index in [9.17, 15) is 4.39 Å². The van der Waals surface area contributed by atoms with Gasteiger partial charge in [0.1, 0.15) is 12.4 Å². The minimum atomic E-state index is -0.509. The van der Waals surface area contributed by atoms with Crippen LogP contribution in [0.15, 0.2) is 16.7 Å². The van der Waals surface area contributed by atoms with Gasteiger partial charge in [-0.15, -0.1) is 0 Å². The third-order valence-electron chi connectivity index (χ3n) is 2.89. The van der Waals surface area contributed by atoms with Gasteiger partial charge in [0.2, 0.25) is 5.95 Å². The summed E-state index contributed by atoms with van der Waals surface area (Å²) in [5.41, 5.74) is 0. The van der Waals surface area contributed by atoms with E-state index in [1.54, 1.807) is 6.07 Å². The molecule has 1 fully saturated rings. The van der Waals surface area contributed by atoms with Gasteiger partial charge in [0, 0.05) is 12.1 Å². The van der Waals surface area contributed by atoms with Gasteiger partial charge < -0.3 is 9.64 Å². The molecule has 0 unspecified atom stereocenters. The Balaban J connectivity index is 1.91. The van der Waals surface area contributed by atoms with Crippen LogP contribution in [0.2, 0.25) is 0 Å². The number of halogens is 2. The molecule has 1 atom stereocenters. The molecule has 0 saturated carbocycles. The molecule has 0 spiro atoms. The van der Waals surface area contributed by atoms with E-state index in [4.69, 9.17) is 4.74 Å². The molecule has 5 heteroatoms. The Bertz CT molecular complexity index is 375. The van der Waals surface area contributed by atoms with Crippen molar-refractivity contribution in [2.45, 2.75) is 18.9 Å². The Morgan fingerprint density at radius 1 is 1.69 bits per heavy atom. The molecule has 0 bridgehead atoms. The standard InChI is InChI=1S/C11H14BrFN2O/c1-15-4-2-3-8(15)7-16-9-5-10(12)11(13)14-6-9/h5-6,8H,2-4,7H2,1H3/t8-/m1/s1. The van der Waals surface area contributed by atoms with Crippen LogP contribution in [0.3, 0.4) is 0 Å². The molecule has 0 aromatic carbocycles. The lowest BCUT2D eigenvalue weighted by atomic mass is 10.2. The number of likely N-dealkylation sites (N-methyl/N-ethyl adjacent to an activating group) is 1. The minimum Gasteiger partial charge on any atom is -0.490 e. The summed E-state index contributed by atoms with van der Waals surface area (Å²) in [6, 6.07) is 2.07. The summed E-state index contributed by atoms with van der Waals surface area (Å²) in [6.45, 7) is 1.76. The van der Waals surface area contributed by atoms with Crippen molar-refractivity contribution in [1.82, 2.24) is 9.88 Å². The lowest BCUT2D eigenvalue weighted by Crippen LogP contribution is -2.30. The van der Waals surface area contributed by atoms with Crippen LogP contribution in [0.4, 0.5) is 4.39 Å². The smallest absolute Gasteiger partial charge is 0.227 e. The molecule has 1 saturated heterocycles. The van der Waals surface area contributed by atoms with E-state index in [2.05, 4.69) is 32.9 Å². The summed E-state index contributed by atoms with van der Waals surface area (Å²) in [5, 5.41) is 0. The lowest BCUT2D eigenvalue weighted by molar-refractivity contribution is 0.197. The number of hydrogen-bond donors (Lipinski definition) is 0. The SMILES string of the molecule is CN1CCC[C@@H]1COc1cnc(F)c(Br)c1. The van der Waals surface area contributed by atoms with E-state index in [1.807, 2.05) is 0 Å². The third kappa shape index (κ3) is 2.71. The molecule has 1 aliphatic heterocycles. The van der Waals surface area contributed by atoms with Crippen LogP contribution in [-0.2, 0) is 0 Å². The zero-order chi connectivity index (χ0) is 11.5. The molecule has 88 valence electrons. The van der Waals surface area contributed by atoms with Crippen LogP contribution in [-0.4, -0.2) is 36.1 Å². The van der Waals surface area contributed by atoms with Crippen molar-refractivity contribution in [3.05, 3.63) is 22.7 Å². The maximum Gasteiger partial charge on any atom is 0.227 e. The first-order valence-electron chi connectivity index (χ1n) is 5.31. The second kappa shape index (κ2) is 5.10. The van der Waals surface area contributed by atoms with Crippen molar-refractivity contribution in [3.8, 4) is 5.75 Å². The molecule has 3 nitrogen and oxygen atoms in total. The Morgan fingerprint density at radius 2 is 2.50 bits per heavy atom. The molecule has 0 radical (unpaired) electrons. The monoisotopic (exact) mass is 288 g/mol. The van der Waals surface area contributed by atoms with E-state index in [-0.39, 0.29) is 0 Å². The van der Waals surface area contributed by atoms with Crippen LogP contribution < -0.4 is 4.74 Å². The molecule has 2 heterocycles. The molecule has 0 aliphatic carbocycles. The fourth-order valence-corrected chi connectivity index (χ4v) is 2.19. The number of hydrogen-bond acceptors (Lipinski definition) is 3. The molecule has 1 aliphatic rings. The highest BCUT2D eigenvalue weighted by atomic mass is 79.9. The van der Waals surface area contributed by atoms with E-state index < -0.39 is 5.95 Å². The van der Waals surface area contributed by atoms with Gasteiger partial charge in [0.25, 0.3) is 0 Å². The Kier molecular flexibility index (Phi) is 3.76. The third-order valence-corrected chi connectivity index (χ3v) is 3.44. The van der Waals surface area contributed by atoms with Gasteiger partial charge >= 0.3 is 0 Å². The second-order valence-electron chi connectivity index (χ2n) is 4.03. The first-order valence-corrected chi connectivity index (χ1v) is 6.10. The summed E-state index contributed by atoms with van der Waals surface area (Å²) in [4.78, 5) is 5.87. The predicted octanol–water partition coefficient (Wildman–Crippen LogP) is 2.46. The molecule has 0 amide bonds. The Morgan fingerprint density at radius 3 is 3.12 bits per heavy atom. The largest absolute Gasteiger partial charge is 0.490 e. The van der Waals surface area contributed by atoms with Crippen molar-refractivity contribution < 1.29 is 9.13 Å². The second-order valence-corrected chi connectivity index (χ2v) is 4.89. The summed E-state index contributed by atoms with van der Waals surface area (Å²) in [6.07, 6.45) is 3.79. The number of pyridine rings is 1. The average Bonchev–Trinajstić information content (AvgIpc) is 2.66. The molecular weight excluding hydrogens is 275 g/mol. The van der Waals surface area contributed by atoms with E-state index >= 15 is 0 Å². The van der Waals surface area contributed by atoms with Crippen molar-refractivity contribution in [1.29, 1.82) is 0 Å². The number of ether oxygens (including phenoxy) is 1. The van der Waals surface area contributed by atoms with Crippen LogP contribution in [0.5, 0.6) is 5.75 Å². The van der Waals surface area contributed by atoms with Gasteiger partial charge in [0.05, 0.1) is 10.7 Å². The maximum atomic E-state index is 12.9. The van der Waals surface area contributed by atoms with Gasteiger partial charge in [-0.2, -0.15) is 4.39 Å². The highest BCUT2D eigenvalue weighted by molar-refractivity contribution is 9.10. The topological polar surface area (TPSA) is 25.4 Å². The van der Waals surface area contributed by atoms with Gasteiger partial charge in [-0.25, -0.2) is 4.98 Å². The van der Waals surface area contributed by atoms with Gasteiger partial charge in [-0.05, 0) is 42.4 Å². The first-order chi connectivity index (χ1) is 7.66. The number of rotatable bonds is 3. The van der Waals surface area contributed by atoms with Crippen molar-refractivity contribution in [2.24, 2.45) is 0 Å². The normalized spacial score (nSPS) is 21.3. The minimum absolute atomic E-state index is 0.338. The Labute approximate surface area is 103 Å². The van der Waals surface area contributed by atoms with E-state index in [0.717, 1.165) is 13.0 Å².